The fourth-order valence-corrected chi connectivity index (χ4v) is 2.35. The Bertz CT molecular complexity index is 698. The van der Waals surface area contributed by atoms with Gasteiger partial charge in [0.2, 0.25) is 5.91 Å². The SMILES string of the molecule is COc1ccc(NC(=O)CNC(=O)c2cc(Cl)cc(Cl)c2)cc1. The third kappa shape index (κ3) is 5.16. The largest absolute Gasteiger partial charge is 0.497 e. The monoisotopic (exact) mass is 352 g/mol. The van der Waals surface area contributed by atoms with E-state index in [0.29, 0.717) is 27.0 Å². The van der Waals surface area contributed by atoms with Gasteiger partial charge in [-0.2, -0.15) is 0 Å². The molecule has 0 aromatic heterocycles. The maximum absolute atomic E-state index is 12.0. The zero-order valence-electron chi connectivity index (χ0n) is 12.2. The number of rotatable bonds is 5. The highest BCUT2D eigenvalue weighted by Gasteiger charge is 2.10. The first kappa shape index (κ1) is 17.1. The van der Waals surface area contributed by atoms with Crippen molar-refractivity contribution in [3.8, 4) is 5.75 Å². The van der Waals surface area contributed by atoms with Gasteiger partial charge in [0.05, 0.1) is 13.7 Å². The quantitative estimate of drug-likeness (QED) is 0.866. The van der Waals surface area contributed by atoms with Crippen LogP contribution in [0.5, 0.6) is 5.75 Å². The molecule has 0 fully saturated rings. The Morgan fingerprint density at radius 3 is 2.22 bits per heavy atom. The molecule has 2 aromatic carbocycles. The van der Waals surface area contributed by atoms with Crippen LogP contribution in [0.2, 0.25) is 10.0 Å². The number of anilines is 1. The zero-order chi connectivity index (χ0) is 16.8. The predicted molar refractivity (Wildman–Crippen MR) is 90.4 cm³/mol. The smallest absolute Gasteiger partial charge is 0.251 e. The minimum absolute atomic E-state index is 0.172. The van der Waals surface area contributed by atoms with Crippen molar-refractivity contribution in [3.63, 3.8) is 0 Å². The maximum atomic E-state index is 12.0. The second-order valence-electron chi connectivity index (χ2n) is 4.62. The number of ether oxygens (including phenoxy) is 1. The highest BCUT2D eigenvalue weighted by Crippen LogP contribution is 2.19. The first-order valence-corrected chi connectivity index (χ1v) is 7.42. The third-order valence-electron chi connectivity index (χ3n) is 2.91. The molecule has 2 N–H and O–H groups in total. The molecule has 0 unspecified atom stereocenters. The molecular weight excluding hydrogens is 339 g/mol. The Hall–Kier alpha value is -2.24. The Balaban J connectivity index is 1.89. The number of amides is 2. The number of halogens is 2. The summed E-state index contributed by atoms with van der Waals surface area (Å²) in [5, 5.41) is 5.87. The zero-order valence-corrected chi connectivity index (χ0v) is 13.7. The van der Waals surface area contributed by atoms with Crippen LogP contribution < -0.4 is 15.4 Å². The average Bonchev–Trinajstić information content (AvgIpc) is 2.52. The van der Waals surface area contributed by atoms with E-state index in [2.05, 4.69) is 10.6 Å². The van der Waals surface area contributed by atoms with Gasteiger partial charge in [0.15, 0.2) is 0 Å². The van der Waals surface area contributed by atoms with Crippen LogP contribution in [-0.2, 0) is 4.79 Å². The Morgan fingerprint density at radius 2 is 1.65 bits per heavy atom. The number of methoxy groups -OCH3 is 1. The summed E-state index contributed by atoms with van der Waals surface area (Å²) in [7, 11) is 1.56. The molecule has 0 saturated heterocycles. The highest BCUT2D eigenvalue weighted by atomic mass is 35.5. The summed E-state index contributed by atoms with van der Waals surface area (Å²) in [4.78, 5) is 23.8. The summed E-state index contributed by atoms with van der Waals surface area (Å²) in [5.74, 6) is -0.0925. The van der Waals surface area contributed by atoms with E-state index in [0.717, 1.165) is 0 Å². The van der Waals surface area contributed by atoms with Crippen LogP contribution in [0, 0.1) is 0 Å². The van der Waals surface area contributed by atoms with E-state index < -0.39 is 5.91 Å². The van der Waals surface area contributed by atoms with Gasteiger partial charge in [-0.1, -0.05) is 23.2 Å². The van der Waals surface area contributed by atoms with Crippen molar-refractivity contribution in [2.75, 3.05) is 19.0 Å². The summed E-state index contributed by atoms with van der Waals surface area (Å²) in [6.45, 7) is -0.172. The summed E-state index contributed by atoms with van der Waals surface area (Å²) >= 11 is 11.7. The number of hydrogen-bond acceptors (Lipinski definition) is 3. The minimum atomic E-state index is -0.431. The summed E-state index contributed by atoms with van der Waals surface area (Å²) in [6, 6.07) is 11.3. The molecule has 7 heteroatoms. The normalized spacial score (nSPS) is 10.0. The topological polar surface area (TPSA) is 67.4 Å². The van der Waals surface area contributed by atoms with Crippen molar-refractivity contribution in [2.24, 2.45) is 0 Å². The number of carbonyl (C=O) groups excluding carboxylic acids is 2. The van der Waals surface area contributed by atoms with E-state index >= 15 is 0 Å². The van der Waals surface area contributed by atoms with E-state index in [1.807, 2.05) is 0 Å². The van der Waals surface area contributed by atoms with Gasteiger partial charge in [0.1, 0.15) is 5.75 Å². The Labute approximate surface area is 143 Å². The number of nitrogens with one attached hydrogen (secondary N) is 2. The van der Waals surface area contributed by atoms with E-state index in [-0.39, 0.29) is 12.5 Å². The highest BCUT2D eigenvalue weighted by molar-refractivity contribution is 6.35. The molecule has 2 aromatic rings. The van der Waals surface area contributed by atoms with Crippen LogP contribution in [0.15, 0.2) is 42.5 Å². The van der Waals surface area contributed by atoms with Crippen molar-refractivity contribution in [1.82, 2.24) is 5.32 Å². The van der Waals surface area contributed by atoms with Crippen molar-refractivity contribution in [1.29, 1.82) is 0 Å². The van der Waals surface area contributed by atoms with Gasteiger partial charge < -0.3 is 15.4 Å². The van der Waals surface area contributed by atoms with Gasteiger partial charge in [-0.25, -0.2) is 0 Å². The van der Waals surface area contributed by atoms with E-state index in [1.165, 1.54) is 18.2 Å². The third-order valence-corrected chi connectivity index (χ3v) is 3.34. The standard InChI is InChI=1S/C16H14Cl2N2O3/c1-23-14-4-2-13(3-5-14)20-15(21)9-19-16(22)10-6-11(17)8-12(18)7-10/h2-8H,9H2,1H3,(H,19,22)(H,20,21). The Kier molecular flexibility index (Phi) is 5.84. The number of hydrogen-bond donors (Lipinski definition) is 2. The van der Waals surface area contributed by atoms with Crippen molar-refractivity contribution in [3.05, 3.63) is 58.1 Å². The second kappa shape index (κ2) is 7.85. The summed E-state index contributed by atoms with van der Waals surface area (Å²) < 4.78 is 5.03. The lowest BCUT2D eigenvalue weighted by Gasteiger charge is -2.08. The molecule has 23 heavy (non-hydrogen) atoms. The molecule has 120 valence electrons. The maximum Gasteiger partial charge on any atom is 0.251 e. The molecule has 0 atom stereocenters. The molecule has 0 aliphatic rings. The summed E-state index contributed by atoms with van der Waals surface area (Å²) in [5.41, 5.74) is 0.899. The molecule has 0 bridgehead atoms. The van der Waals surface area contributed by atoms with Crippen LogP contribution in [-0.4, -0.2) is 25.5 Å². The van der Waals surface area contributed by atoms with E-state index in [9.17, 15) is 9.59 Å². The summed E-state index contributed by atoms with van der Waals surface area (Å²) in [6.07, 6.45) is 0. The molecular formula is C16H14Cl2N2O3. The first-order valence-electron chi connectivity index (χ1n) is 6.66. The molecule has 0 aliphatic carbocycles. The molecule has 2 rings (SSSR count). The molecule has 0 radical (unpaired) electrons. The molecule has 0 saturated carbocycles. The van der Waals surface area contributed by atoms with Crippen LogP contribution in [0.3, 0.4) is 0 Å². The van der Waals surface area contributed by atoms with E-state index in [4.69, 9.17) is 27.9 Å². The lowest BCUT2D eigenvalue weighted by Crippen LogP contribution is -2.32. The second-order valence-corrected chi connectivity index (χ2v) is 5.49. The van der Waals surface area contributed by atoms with Gasteiger partial charge in [-0.05, 0) is 42.5 Å². The van der Waals surface area contributed by atoms with Gasteiger partial charge in [0, 0.05) is 21.3 Å². The molecule has 2 amide bonds. The van der Waals surface area contributed by atoms with Gasteiger partial charge in [-0.3, -0.25) is 9.59 Å². The Morgan fingerprint density at radius 1 is 1.04 bits per heavy atom. The fourth-order valence-electron chi connectivity index (χ4n) is 1.83. The van der Waals surface area contributed by atoms with Crippen LogP contribution >= 0.6 is 23.2 Å². The van der Waals surface area contributed by atoms with E-state index in [1.54, 1.807) is 31.4 Å². The van der Waals surface area contributed by atoms with Crippen LogP contribution in [0.25, 0.3) is 0 Å². The molecule has 0 spiro atoms. The lowest BCUT2D eigenvalue weighted by molar-refractivity contribution is -0.115. The number of benzene rings is 2. The molecule has 5 nitrogen and oxygen atoms in total. The van der Waals surface area contributed by atoms with Gasteiger partial charge >= 0.3 is 0 Å². The van der Waals surface area contributed by atoms with Crippen molar-refractivity contribution in [2.45, 2.75) is 0 Å². The lowest BCUT2D eigenvalue weighted by atomic mass is 10.2. The van der Waals surface area contributed by atoms with Gasteiger partial charge in [0.25, 0.3) is 5.91 Å². The van der Waals surface area contributed by atoms with Gasteiger partial charge in [-0.15, -0.1) is 0 Å². The number of carbonyl (C=O) groups is 2. The van der Waals surface area contributed by atoms with Crippen molar-refractivity contribution < 1.29 is 14.3 Å². The fraction of sp³-hybridized carbons (Fsp3) is 0.125. The first-order chi connectivity index (χ1) is 11.0. The van der Waals surface area contributed by atoms with Crippen LogP contribution in [0.1, 0.15) is 10.4 Å². The minimum Gasteiger partial charge on any atom is -0.497 e. The predicted octanol–water partition coefficient (Wildman–Crippen LogP) is 3.37. The molecule has 0 aliphatic heterocycles. The van der Waals surface area contributed by atoms with Crippen molar-refractivity contribution >= 4 is 40.7 Å². The van der Waals surface area contributed by atoms with Crippen LogP contribution in [0.4, 0.5) is 5.69 Å². The molecule has 0 heterocycles. The average molecular weight is 353 g/mol.